The maximum atomic E-state index is 12.4. The molecule has 6 heteroatoms. The number of unbranched alkanes of at least 4 members (excludes halogenated alkanes) is 30. The van der Waals surface area contributed by atoms with Gasteiger partial charge in [0.25, 0.3) is 0 Å². The molecule has 6 nitrogen and oxygen atoms in total. The van der Waals surface area contributed by atoms with E-state index in [1.165, 1.54) is 161 Å². The quantitative estimate of drug-likeness (QED) is 0.0324. The molecule has 0 fully saturated rings. The smallest absolute Gasteiger partial charge is 0.305 e. The zero-order valence-electron chi connectivity index (χ0n) is 37.8. The number of hydrogen-bond donors (Lipinski definition) is 3. The highest BCUT2D eigenvalue weighted by Crippen LogP contribution is 2.14. The number of nitrogens with one attached hydrogen (secondary N) is 1. The lowest BCUT2D eigenvalue weighted by molar-refractivity contribution is -0.143. The molecule has 0 radical (unpaired) electrons. The molecule has 0 heterocycles. The molecule has 0 rings (SSSR count). The summed E-state index contributed by atoms with van der Waals surface area (Å²) in [5.41, 5.74) is 0. The molecule has 0 aliphatic rings. The van der Waals surface area contributed by atoms with Gasteiger partial charge < -0.3 is 20.3 Å². The molecule has 0 aromatic heterocycles. The van der Waals surface area contributed by atoms with E-state index < -0.39 is 12.1 Å². The summed E-state index contributed by atoms with van der Waals surface area (Å²) in [4.78, 5) is 24.4. The fourth-order valence-electron chi connectivity index (χ4n) is 7.27. The molecule has 0 aliphatic heterocycles. The number of esters is 1. The summed E-state index contributed by atoms with van der Waals surface area (Å²) in [6.45, 7) is 4.83. The van der Waals surface area contributed by atoms with Gasteiger partial charge >= 0.3 is 5.97 Å². The topological polar surface area (TPSA) is 95.9 Å². The van der Waals surface area contributed by atoms with E-state index in [-0.39, 0.29) is 18.5 Å². The summed E-state index contributed by atoms with van der Waals surface area (Å²) in [6.07, 6.45) is 55.7. The van der Waals surface area contributed by atoms with Crippen LogP contribution in [0.3, 0.4) is 0 Å². The summed E-state index contributed by atoms with van der Waals surface area (Å²) in [6, 6.07) is -0.638. The van der Waals surface area contributed by atoms with Gasteiger partial charge in [0.1, 0.15) is 0 Å². The lowest BCUT2D eigenvalue weighted by Gasteiger charge is -2.20. The minimum absolute atomic E-state index is 0.0135. The van der Waals surface area contributed by atoms with Crippen LogP contribution in [0.5, 0.6) is 0 Å². The van der Waals surface area contributed by atoms with Crippen molar-refractivity contribution in [3.05, 3.63) is 36.5 Å². The Kier molecular flexibility index (Phi) is 45.2. The molecule has 0 bridgehead atoms. The van der Waals surface area contributed by atoms with Crippen molar-refractivity contribution in [2.24, 2.45) is 0 Å². The third-order valence-electron chi connectivity index (χ3n) is 11.1. The molecule has 2 atom stereocenters. The first-order valence-electron chi connectivity index (χ1n) is 24.8. The zero-order valence-corrected chi connectivity index (χ0v) is 37.8. The fraction of sp³-hybridized carbons (Fsp3) is 0.843. The van der Waals surface area contributed by atoms with Crippen LogP contribution in [0.15, 0.2) is 36.5 Å². The maximum Gasteiger partial charge on any atom is 0.305 e. The maximum absolute atomic E-state index is 12.4. The van der Waals surface area contributed by atoms with Crippen LogP contribution < -0.4 is 5.32 Å². The lowest BCUT2D eigenvalue weighted by Crippen LogP contribution is -2.45. The SMILES string of the molecule is CCCCCCC/C=C\CCCCCCCC(=O)OCCCCCCCCC/C=C\CCCCCCCC(=O)NC(CO)C(O)/C=C/CCCCCCCCCC. The summed E-state index contributed by atoms with van der Waals surface area (Å²) in [5, 5.41) is 22.9. The van der Waals surface area contributed by atoms with E-state index in [1.807, 2.05) is 6.08 Å². The second-order valence-electron chi connectivity index (χ2n) is 16.8. The van der Waals surface area contributed by atoms with Gasteiger partial charge in [-0.05, 0) is 83.5 Å². The van der Waals surface area contributed by atoms with Gasteiger partial charge in [0.2, 0.25) is 5.91 Å². The minimum Gasteiger partial charge on any atom is -0.466 e. The highest BCUT2D eigenvalue weighted by molar-refractivity contribution is 5.76. The average Bonchev–Trinajstić information content (AvgIpc) is 3.21. The molecule has 0 aromatic carbocycles. The van der Waals surface area contributed by atoms with Crippen molar-refractivity contribution in [3.63, 3.8) is 0 Å². The Hall–Kier alpha value is -1.92. The van der Waals surface area contributed by atoms with E-state index in [0.717, 1.165) is 64.2 Å². The summed E-state index contributed by atoms with van der Waals surface area (Å²) in [5.74, 6) is -0.102. The van der Waals surface area contributed by atoms with Crippen LogP contribution in [0.4, 0.5) is 0 Å². The highest BCUT2D eigenvalue weighted by Gasteiger charge is 2.18. The average molecular weight is 802 g/mol. The number of rotatable bonds is 45. The van der Waals surface area contributed by atoms with Crippen molar-refractivity contribution < 1.29 is 24.5 Å². The largest absolute Gasteiger partial charge is 0.466 e. The Balaban J connectivity index is 3.49. The van der Waals surface area contributed by atoms with Gasteiger partial charge in [-0.1, -0.05) is 192 Å². The van der Waals surface area contributed by atoms with Gasteiger partial charge in [0, 0.05) is 12.8 Å². The van der Waals surface area contributed by atoms with Gasteiger partial charge in [0.05, 0.1) is 25.4 Å². The lowest BCUT2D eigenvalue weighted by atomic mass is 10.1. The van der Waals surface area contributed by atoms with E-state index in [0.29, 0.717) is 19.4 Å². The highest BCUT2D eigenvalue weighted by atomic mass is 16.5. The predicted octanol–water partition coefficient (Wildman–Crippen LogP) is 14.5. The second kappa shape index (κ2) is 46.8. The first-order chi connectivity index (χ1) is 28.0. The summed E-state index contributed by atoms with van der Waals surface area (Å²) < 4.78 is 5.45. The second-order valence-corrected chi connectivity index (χ2v) is 16.8. The predicted molar refractivity (Wildman–Crippen MR) is 246 cm³/mol. The van der Waals surface area contributed by atoms with Gasteiger partial charge in [0.15, 0.2) is 0 Å². The van der Waals surface area contributed by atoms with Crippen molar-refractivity contribution in [1.82, 2.24) is 5.32 Å². The van der Waals surface area contributed by atoms with Crippen LogP contribution in [0, 0.1) is 0 Å². The Morgan fingerprint density at radius 3 is 1.25 bits per heavy atom. The Morgan fingerprint density at radius 1 is 0.474 bits per heavy atom. The molecule has 1 amide bonds. The number of hydrogen-bond acceptors (Lipinski definition) is 5. The van der Waals surface area contributed by atoms with Crippen LogP contribution in [-0.2, 0) is 14.3 Å². The molecule has 0 aliphatic carbocycles. The molecular formula is C51H95NO5. The van der Waals surface area contributed by atoms with Crippen LogP contribution in [0.1, 0.15) is 251 Å². The van der Waals surface area contributed by atoms with E-state index >= 15 is 0 Å². The summed E-state index contributed by atoms with van der Waals surface area (Å²) in [7, 11) is 0. The monoisotopic (exact) mass is 802 g/mol. The summed E-state index contributed by atoms with van der Waals surface area (Å²) >= 11 is 0. The number of allylic oxidation sites excluding steroid dienone is 5. The van der Waals surface area contributed by atoms with Gasteiger partial charge in [-0.15, -0.1) is 0 Å². The van der Waals surface area contributed by atoms with E-state index in [4.69, 9.17) is 4.74 Å². The third kappa shape index (κ3) is 43.5. The molecule has 0 saturated carbocycles. The van der Waals surface area contributed by atoms with Crippen LogP contribution in [-0.4, -0.2) is 47.4 Å². The number of aliphatic hydroxyl groups excluding tert-OH is 2. The van der Waals surface area contributed by atoms with Gasteiger partial charge in [-0.3, -0.25) is 9.59 Å². The molecule has 3 N–H and O–H groups in total. The van der Waals surface area contributed by atoms with Gasteiger partial charge in [-0.25, -0.2) is 0 Å². The number of amides is 1. The normalized spacial score (nSPS) is 13.0. The molecule has 0 aromatic rings. The van der Waals surface area contributed by atoms with E-state index in [2.05, 4.69) is 43.5 Å². The number of carbonyl (C=O) groups is 2. The molecule has 334 valence electrons. The zero-order chi connectivity index (χ0) is 41.5. The number of carbonyl (C=O) groups excluding carboxylic acids is 2. The molecule has 0 saturated heterocycles. The number of aliphatic hydroxyl groups is 2. The Morgan fingerprint density at radius 2 is 0.825 bits per heavy atom. The van der Waals surface area contributed by atoms with E-state index in [1.54, 1.807) is 6.08 Å². The molecule has 57 heavy (non-hydrogen) atoms. The van der Waals surface area contributed by atoms with Crippen molar-refractivity contribution in [2.75, 3.05) is 13.2 Å². The Labute approximate surface area is 353 Å². The van der Waals surface area contributed by atoms with Crippen LogP contribution >= 0.6 is 0 Å². The van der Waals surface area contributed by atoms with Crippen LogP contribution in [0.2, 0.25) is 0 Å². The first-order valence-corrected chi connectivity index (χ1v) is 24.8. The molecule has 0 spiro atoms. The van der Waals surface area contributed by atoms with Crippen molar-refractivity contribution in [2.45, 2.75) is 264 Å². The molecule has 2 unspecified atom stereocenters. The fourth-order valence-corrected chi connectivity index (χ4v) is 7.27. The molecular weight excluding hydrogens is 707 g/mol. The standard InChI is InChI=1S/C51H95NO5/c1-3-5-7-9-11-13-15-16-22-25-29-33-37-41-45-51(56)57-46-42-38-34-30-26-23-20-18-17-19-21-24-28-32-36-40-44-50(55)52-48(47-53)49(54)43-39-35-31-27-14-12-10-8-6-4-2/h15-17,19,39,43,48-49,53-54H,3-14,18,20-38,40-42,44-47H2,1-2H3,(H,52,55)/b16-15-,19-17-,43-39+. The van der Waals surface area contributed by atoms with Crippen molar-refractivity contribution in [1.29, 1.82) is 0 Å². The van der Waals surface area contributed by atoms with Gasteiger partial charge in [-0.2, -0.15) is 0 Å². The first kappa shape index (κ1) is 55.1. The van der Waals surface area contributed by atoms with Crippen molar-refractivity contribution >= 4 is 11.9 Å². The third-order valence-corrected chi connectivity index (χ3v) is 11.1. The van der Waals surface area contributed by atoms with Crippen LogP contribution in [0.25, 0.3) is 0 Å². The number of ether oxygens (including phenoxy) is 1. The Bertz CT molecular complexity index is 931. The minimum atomic E-state index is -0.853. The van der Waals surface area contributed by atoms with E-state index in [9.17, 15) is 19.8 Å². The van der Waals surface area contributed by atoms with Crippen molar-refractivity contribution in [3.8, 4) is 0 Å².